The molecule has 1 unspecified atom stereocenters. The molecular formula is C13H26IN5O2S. The lowest BCUT2D eigenvalue weighted by Gasteiger charge is -2.17. The predicted molar refractivity (Wildman–Crippen MR) is 101 cm³/mol. The number of aliphatic imine (C=N–C) groups is 1. The SMILES string of the molecule is CCNC(=NCCn1cccn1)NC(C)CCS(C)(=O)=O.I. The molecule has 0 spiro atoms. The van der Waals surface area contributed by atoms with Crippen LogP contribution in [0.4, 0.5) is 0 Å². The normalized spacial score (nSPS) is 13.3. The van der Waals surface area contributed by atoms with E-state index in [1.165, 1.54) is 6.26 Å². The van der Waals surface area contributed by atoms with Gasteiger partial charge < -0.3 is 10.6 Å². The minimum Gasteiger partial charge on any atom is -0.357 e. The summed E-state index contributed by atoms with van der Waals surface area (Å²) in [5.74, 6) is 0.874. The molecule has 0 aliphatic rings. The summed E-state index contributed by atoms with van der Waals surface area (Å²) in [6, 6.07) is 1.92. The molecule has 1 aromatic heterocycles. The molecule has 0 aromatic carbocycles. The maximum Gasteiger partial charge on any atom is 0.191 e. The van der Waals surface area contributed by atoms with E-state index in [0.717, 1.165) is 6.54 Å². The van der Waals surface area contributed by atoms with Crippen LogP contribution < -0.4 is 10.6 Å². The Morgan fingerprint density at radius 3 is 2.73 bits per heavy atom. The molecule has 1 aromatic rings. The number of aromatic nitrogens is 2. The van der Waals surface area contributed by atoms with Crippen LogP contribution in [-0.4, -0.2) is 55.3 Å². The minimum atomic E-state index is -2.93. The lowest BCUT2D eigenvalue weighted by molar-refractivity contribution is 0.579. The molecular weight excluding hydrogens is 417 g/mol. The van der Waals surface area contributed by atoms with Crippen molar-refractivity contribution in [3.63, 3.8) is 0 Å². The fraction of sp³-hybridized carbons (Fsp3) is 0.692. The van der Waals surface area contributed by atoms with E-state index < -0.39 is 9.84 Å². The van der Waals surface area contributed by atoms with E-state index in [1.807, 2.05) is 30.8 Å². The molecule has 0 radical (unpaired) electrons. The first kappa shape index (κ1) is 21.2. The van der Waals surface area contributed by atoms with Gasteiger partial charge in [-0.1, -0.05) is 0 Å². The lowest BCUT2D eigenvalue weighted by Crippen LogP contribution is -2.43. The Hall–Kier alpha value is -0.840. The fourth-order valence-electron chi connectivity index (χ4n) is 1.71. The van der Waals surface area contributed by atoms with Crippen molar-refractivity contribution in [3.05, 3.63) is 18.5 Å². The predicted octanol–water partition coefficient (Wildman–Crippen LogP) is 0.879. The van der Waals surface area contributed by atoms with E-state index in [9.17, 15) is 8.42 Å². The zero-order valence-electron chi connectivity index (χ0n) is 13.3. The van der Waals surface area contributed by atoms with Gasteiger partial charge in [-0.3, -0.25) is 9.67 Å². The molecule has 0 saturated carbocycles. The van der Waals surface area contributed by atoms with Crippen molar-refractivity contribution in [1.29, 1.82) is 0 Å². The number of halogens is 1. The average molecular weight is 443 g/mol. The number of guanidine groups is 1. The monoisotopic (exact) mass is 443 g/mol. The molecule has 0 amide bonds. The van der Waals surface area contributed by atoms with Gasteiger partial charge in [0.05, 0.1) is 18.8 Å². The second-order valence-electron chi connectivity index (χ2n) is 4.99. The van der Waals surface area contributed by atoms with Crippen molar-refractivity contribution >= 4 is 39.8 Å². The van der Waals surface area contributed by atoms with Gasteiger partial charge in [0.1, 0.15) is 9.84 Å². The van der Waals surface area contributed by atoms with Crippen LogP contribution in [0.3, 0.4) is 0 Å². The molecule has 9 heteroatoms. The Morgan fingerprint density at radius 1 is 1.45 bits per heavy atom. The molecule has 7 nitrogen and oxygen atoms in total. The second-order valence-corrected chi connectivity index (χ2v) is 7.25. The zero-order valence-corrected chi connectivity index (χ0v) is 16.5. The van der Waals surface area contributed by atoms with Gasteiger partial charge in [0.25, 0.3) is 0 Å². The number of rotatable bonds is 8. The van der Waals surface area contributed by atoms with Crippen molar-refractivity contribution in [1.82, 2.24) is 20.4 Å². The second kappa shape index (κ2) is 10.8. The summed E-state index contributed by atoms with van der Waals surface area (Å²) < 4.78 is 24.2. The van der Waals surface area contributed by atoms with Gasteiger partial charge in [0.15, 0.2) is 5.96 Å². The summed E-state index contributed by atoms with van der Waals surface area (Å²) in [7, 11) is -2.93. The van der Waals surface area contributed by atoms with Gasteiger partial charge in [0, 0.05) is 31.2 Å². The van der Waals surface area contributed by atoms with Crippen LogP contribution in [0.1, 0.15) is 20.3 Å². The first-order chi connectivity index (χ1) is 9.90. The van der Waals surface area contributed by atoms with Gasteiger partial charge >= 0.3 is 0 Å². The highest BCUT2D eigenvalue weighted by atomic mass is 127. The third-order valence-electron chi connectivity index (χ3n) is 2.81. The first-order valence-electron chi connectivity index (χ1n) is 7.10. The van der Waals surface area contributed by atoms with Crippen molar-refractivity contribution in [2.75, 3.05) is 25.1 Å². The lowest BCUT2D eigenvalue weighted by atomic mass is 10.3. The van der Waals surface area contributed by atoms with E-state index in [1.54, 1.807) is 6.20 Å². The van der Waals surface area contributed by atoms with Gasteiger partial charge in [-0.05, 0) is 26.3 Å². The van der Waals surface area contributed by atoms with Crippen LogP contribution in [0.25, 0.3) is 0 Å². The molecule has 128 valence electrons. The van der Waals surface area contributed by atoms with E-state index in [-0.39, 0.29) is 35.8 Å². The van der Waals surface area contributed by atoms with Crippen LogP contribution in [0.5, 0.6) is 0 Å². The molecule has 0 saturated heterocycles. The number of sulfone groups is 1. The van der Waals surface area contributed by atoms with Gasteiger partial charge in [-0.25, -0.2) is 8.42 Å². The summed E-state index contributed by atoms with van der Waals surface area (Å²) in [5, 5.41) is 10.5. The molecule has 2 N–H and O–H groups in total. The van der Waals surface area contributed by atoms with E-state index in [0.29, 0.717) is 25.5 Å². The molecule has 0 aliphatic carbocycles. The molecule has 1 atom stereocenters. The summed E-state index contributed by atoms with van der Waals surface area (Å²) in [5.41, 5.74) is 0. The third kappa shape index (κ3) is 9.98. The summed E-state index contributed by atoms with van der Waals surface area (Å²) in [4.78, 5) is 4.46. The Morgan fingerprint density at radius 2 is 2.18 bits per heavy atom. The van der Waals surface area contributed by atoms with Crippen molar-refractivity contribution in [2.24, 2.45) is 4.99 Å². The topological polar surface area (TPSA) is 88.4 Å². The maximum absolute atomic E-state index is 11.2. The van der Waals surface area contributed by atoms with Crippen LogP contribution >= 0.6 is 24.0 Å². The molecule has 22 heavy (non-hydrogen) atoms. The molecule has 1 rings (SSSR count). The molecule has 0 fully saturated rings. The Balaban J connectivity index is 0.00000441. The Bertz CT molecular complexity index is 531. The number of hydrogen-bond donors (Lipinski definition) is 2. The van der Waals surface area contributed by atoms with E-state index >= 15 is 0 Å². The highest BCUT2D eigenvalue weighted by Gasteiger charge is 2.09. The van der Waals surface area contributed by atoms with Crippen molar-refractivity contribution in [3.8, 4) is 0 Å². The minimum absolute atomic E-state index is 0. The van der Waals surface area contributed by atoms with E-state index in [2.05, 4.69) is 20.7 Å². The highest BCUT2D eigenvalue weighted by molar-refractivity contribution is 14.0. The van der Waals surface area contributed by atoms with Crippen LogP contribution in [0.15, 0.2) is 23.5 Å². The van der Waals surface area contributed by atoms with Gasteiger partial charge in [0.2, 0.25) is 0 Å². The fourth-order valence-corrected chi connectivity index (χ4v) is 2.50. The summed E-state index contributed by atoms with van der Waals surface area (Å²) in [6.45, 7) is 6.01. The zero-order chi connectivity index (χ0) is 15.7. The molecule has 0 aliphatic heterocycles. The Labute approximate surface area is 149 Å². The third-order valence-corrected chi connectivity index (χ3v) is 3.78. The molecule has 1 heterocycles. The summed E-state index contributed by atoms with van der Waals surface area (Å²) >= 11 is 0. The quantitative estimate of drug-likeness (QED) is 0.354. The largest absolute Gasteiger partial charge is 0.357 e. The molecule has 0 bridgehead atoms. The number of nitrogens with zero attached hydrogens (tertiary/aromatic N) is 3. The van der Waals surface area contributed by atoms with Crippen LogP contribution in [-0.2, 0) is 16.4 Å². The van der Waals surface area contributed by atoms with Crippen LogP contribution in [0, 0.1) is 0 Å². The van der Waals surface area contributed by atoms with Crippen LogP contribution in [0.2, 0.25) is 0 Å². The highest BCUT2D eigenvalue weighted by Crippen LogP contribution is 1.95. The number of nitrogens with one attached hydrogen (secondary N) is 2. The van der Waals surface area contributed by atoms with Gasteiger partial charge in [-0.2, -0.15) is 5.10 Å². The maximum atomic E-state index is 11.2. The standard InChI is InChI=1S/C13H25N5O2S.HI/c1-4-14-13(15-8-10-18-9-5-7-16-18)17-12(2)6-11-21(3,19)20;/h5,7,9,12H,4,6,8,10-11H2,1-3H3,(H2,14,15,17);1H. The smallest absolute Gasteiger partial charge is 0.191 e. The van der Waals surface area contributed by atoms with Gasteiger partial charge in [-0.15, -0.1) is 24.0 Å². The number of hydrogen-bond acceptors (Lipinski definition) is 4. The van der Waals surface area contributed by atoms with E-state index in [4.69, 9.17) is 0 Å². The summed E-state index contributed by atoms with van der Waals surface area (Å²) in [6.07, 6.45) is 5.44. The first-order valence-corrected chi connectivity index (χ1v) is 9.16. The average Bonchev–Trinajstić information content (AvgIpc) is 2.89. The Kier molecular flexibility index (Phi) is 10.4. The van der Waals surface area contributed by atoms with Crippen molar-refractivity contribution < 1.29 is 8.42 Å². The van der Waals surface area contributed by atoms with Crippen molar-refractivity contribution in [2.45, 2.75) is 32.9 Å².